The number of ketones is 1. The van der Waals surface area contributed by atoms with Gasteiger partial charge in [0.15, 0.2) is 5.78 Å². The predicted molar refractivity (Wildman–Crippen MR) is 123 cm³/mol. The molecule has 0 N–H and O–H groups in total. The molecule has 0 unspecified atom stereocenters. The van der Waals surface area contributed by atoms with E-state index < -0.39 is 5.54 Å². The van der Waals surface area contributed by atoms with E-state index in [2.05, 4.69) is 66.4 Å². The molecule has 3 nitrogen and oxygen atoms in total. The number of Topliss-reactive ketones (excluding diaryl/α,β-unsaturated/α-hetero) is 1. The standard InChI is InChI=1S/C27H29NO2/c1-20-7-9-21(10-8-20)22-11-13-23(14-12-22)24-5-4-6-25(19-24)26(29)27(2,3)28-15-17-30-18-16-28/h4-14,19H,15-18H2,1-3H3. The minimum absolute atomic E-state index is 0.155. The molecule has 0 aromatic heterocycles. The van der Waals surface area contributed by atoms with E-state index in [9.17, 15) is 4.79 Å². The molecule has 1 saturated heterocycles. The molecule has 0 bridgehead atoms. The fourth-order valence-corrected chi connectivity index (χ4v) is 4.06. The topological polar surface area (TPSA) is 29.5 Å². The van der Waals surface area contributed by atoms with Crippen molar-refractivity contribution in [3.05, 3.63) is 83.9 Å². The highest BCUT2D eigenvalue weighted by molar-refractivity contribution is 6.03. The van der Waals surface area contributed by atoms with E-state index in [1.54, 1.807) is 0 Å². The van der Waals surface area contributed by atoms with Gasteiger partial charge in [0.25, 0.3) is 0 Å². The van der Waals surface area contributed by atoms with E-state index in [-0.39, 0.29) is 5.78 Å². The van der Waals surface area contributed by atoms with E-state index in [0.717, 1.165) is 29.8 Å². The second-order valence-corrected chi connectivity index (χ2v) is 8.51. The number of rotatable bonds is 5. The monoisotopic (exact) mass is 399 g/mol. The normalized spacial score (nSPS) is 15.2. The van der Waals surface area contributed by atoms with Gasteiger partial charge in [-0.15, -0.1) is 0 Å². The van der Waals surface area contributed by atoms with Crippen molar-refractivity contribution in [2.75, 3.05) is 26.3 Å². The molecule has 1 aliphatic heterocycles. The van der Waals surface area contributed by atoms with E-state index >= 15 is 0 Å². The summed E-state index contributed by atoms with van der Waals surface area (Å²) in [6.07, 6.45) is 0. The van der Waals surface area contributed by atoms with Crippen molar-refractivity contribution in [1.82, 2.24) is 4.90 Å². The van der Waals surface area contributed by atoms with Crippen LogP contribution < -0.4 is 0 Å². The van der Waals surface area contributed by atoms with Gasteiger partial charge in [-0.25, -0.2) is 0 Å². The zero-order valence-corrected chi connectivity index (χ0v) is 18.0. The van der Waals surface area contributed by atoms with Crippen LogP contribution in [-0.2, 0) is 4.74 Å². The van der Waals surface area contributed by atoms with Crippen molar-refractivity contribution in [2.45, 2.75) is 26.3 Å². The number of morpholine rings is 1. The van der Waals surface area contributed by atoms with Gasteiger partial charge >= 0.3 is 0 Å². The van der Waals surface area contributed by atoms with Crippen LogP contribution in [0.3, 0.4) is 0 Å². The summed E-state index contributed by atoms with van der Waals surface area (Å²) in [5.41, 5.74) is 6.06. The van der Waals surface area contributed by atoms with E-state index in [1.165, 1.54) is 16.7 Å². The Hall–Kier alpha value is -2.75. The molecule has 1 fully saturated rings. The first-order chi connectivity index (χ1) is 14.4. The Morgan fingerprint density at radius 2 is 1.33 bits per heavy atom. The summed E-state index contributed by atoms with van der Waals surface area (Å²) in [6.45, 7) is 9.08. The summed E-state index contributed by atoms with van der Waals surface area (Å²) in [4.78, 5) is 15.6. The third-order valence-corrected chi connectivity index (χ3v) is 6.09. The molecule has 0 amide bonds. The Labute approximate surface area is 179 Å². The second-order valence-electron chi connectivity index (χ2n) is 8.51. The number of hydrogen-bond donors (Lipinski definition) is 0. The van der Waals surface area contributed by atoms with Gasteiger partial charge in [0.2, 0.25) is 0 Å². The number of hydrogen-bond acceptors (Lipinski definition) is 3. The number of ether oxygens (including phenoxy) is 1. The zero-order valence-electron chi connectivity index (χ0n) is 18.0. The zero-order chi connectivity index (χ0) is 21.1. The summed E-state index contributed by atoms with van der Waals surface area (Å²) in [6, 6.07) is 25.1. The maximum absolute atomic E-state index is 13.3. The largest absolute Gasteiger partial charge is 0.379 e. The average molecular weight is 400 g/mol. The summed E-state index contributed by atoms with van der Waals surface area (Å²) in [7, 11) is 0. The Bertz CT molecular complexity index is 1010. The van der Waals surface area contributed by atoms with Gasteiger partial charge in [-0.1, -0.05) is 72.3 Å². The van der Waals surface area contributed by atoms with Crippen LogP contribution in [0.5, 0.6) is 0 Å². The predicted octanol–water partition coefficient (Wildman–Crippen LogP) is 5.62. The molecule has 0 spiro atoms. The van der Waals surface area contributed by atoms with Crippen LogP contribution in [0.1, 0.15) is 29.8 Å². The first-order valence-electron chi connectivity index (χ1n) is 10.6. The lowest BCUT2D eigenvalue weighted by Gasteiger charge is -2.39. The Morgan fingerprint density at radius 1 is 0.800 bits per heavy atom. The van der Waals surface area contributed by atoms with Crippen molar-refractivity contribution in [3.63, 3.8) is 0 Å². The van der Waals surface area contributed by atoms with Gasteiger partial charge in [-0.2, -0.15) is 0 Å². The minimum atomic E-state index is -0.544. The smallest absolute Gasteiger partial charge is 0.182 e. The fraction of sp³-hybridized carbons (Fsp3) is 0.296. The molecule has 3 heteroatoms. The van der Waals surface area contributed by atoms with Crippen LogP contribution in [0.2, 0.25) is 0 Å². The maximum Gasteiger partial charge on any atom is 0.182 e. The molecular formula is C27H29NO2. The fourth-order valence-electron chi connectivity index (χ4n) is 4.06. The molecule has 0 aliphatic carbocycles. The lowest BCUT2D eigenvalue weighted by atomic mass is 9.89. The number of nitrogens with zero attached hydrogens (tertiary/aromatic N) is 1. The lowest BCUT2D eigenvalue weighted by Crippen LogP contribution is -2.54. The van der Waals surface area contributed by atoms with E-state index in [1.807, 2.05) is 32.0 Å². The van der Waals surface area contributed by atoms with Gasteiger partial charge in [0, 0.05) is 18.7 Å². The molecule has 3 aromatic rings. The number of carbonyl (C=O) groups is 1. The van der Waals surface area contributed by atoms with Crippen LogP contribution in [0.15, 0.2) is 72.8 Å². The molecule has 0 atom stereocenters. The highest BCUT2D eigenvalue weighted by atomic mass is 16.5. The highest BCUT2D eigenvalue weighted by Gasteiger charge is 2.35. The van der Waals surface area contributed by atoms with Crippen LogP contribution in [0, 0.1) is 6.92 Å². The van der Waals surface area contributed by atoms with Crippen molar-refractivity contribution in [2.24, 2.45) is 0 Å². The highest BCUT2D eigenvalue weighted by Crippen LogP contribution is 2.28. The van der Waals surface area contributed by atoms with Crippen LogP contribution in [-0.4, -0.2) is 42.5 Å². The summed E-state index contributed by atoms with van der Waals surface area (Å²) >= 11 is 0. The van der Waals surface area contributed by atoms with Gasteiger partial charge in [0.1, 0.15) is 0 Å². The van der Waals surface area contributed by atoms with Crippen LogP contribution in [0.4, 0.5) is 0 Å². The summed E-state index contributed by atoms with van der Waals surface area (Å²) < 4.78 is 5.45. The number of carbonyl (C=O) groups excluding carboxylic acids is 1. The van der Waals surface area contributed by atoms with Crippen LogP contribution in [0.25, 0.3) is 22.3 Å². The molecule has 4 rings (SSSR count). The quantitative estimate of drug-likeness (QED) is 0.521. The minimum Gasteiger partial charge on any atom is -0.379 e. The third kappa shape index (κ3) is 4.23. The Balaban J connectivity index is 1.57. The summed E-state index contributed by atoms with van der Waals surface area (Å²) in [5, 5.41) is 0. The van der Waals surface area contributed by atoms with Crippen molar-refractivity contribution in [1.29, 1.82) is 0 Å². The second kappa shape index (κ2) is 8.55. The number of aryl methyl sites for hydroxylation is 1. The molecule has 154 valence electrons. The summed E-state index contributed by atoms with van der Waals surface area (Å²) in [5.74, 6) is 0.155. The molecular weight excluding hydrogens is 370 g/mol. The van der Waals surface area contributed by atoms with E-state index in [0.29, 0.717) is 13.2 Å². The molecule has 3 aromatic carbocycles. The van der Waals surface area contributed by atoms with Gasteiger partial charge in [0.05, 0.1) is 18.8 Å². The molecule has 0 saturated carbocycles. The van der Waals surface area contributed by atoms with Crippen molar-refractivity contribution in [3.8, 4) is 22.3 Å². The molecule has 0 radical (unpaired) electrons. The van der Waals surface area contributed by atoms with Gasteiger partial charge in [-0.3, -0.25) is 9.69 Å². The van der Waals surface area contributed by atoms with Gasteiger partial charge < -0.3 is 4.74 Å². The Kier molecular flexibility index (Phi) is 5.85. The van der Waals surface area contributed by atoms with E-state index in [4.69, 9.17) is 4.74 Å². The SMILES string of the molecule is Cc1ccc(-c2ccc(-c3cccc(C(=O)C(C)(C)N4CCOCC4)c3)cc2)cc1. The van der Waals surface area contributed by atoms with Crippen LogP contribution >= 0.6 is 0 Å². The maximum atomic E-state index is 13.3. The number of benzene rings is 3. The molecule has 1 aliphatic rings. The first-order valence-corrected chi connectivity index (χ1v) is 10.6. The average Bonchev–Trinajstić information content (AvgIpc) is 2.80. The lowest BCUT2D eigenvalue weighted by molar-refractivity contribution is -0.00429. The van der Waals surface area contributed by atoms with Crippen molar-refractivity contribution >= 4 is 5.78 Å². The first kappa shape index (κ1) is 20.5. The molecule has 30 heavy (non-hydrogen) atoms. The molecule has 1 heterocycles. The van der Waals surface area contributed by atoms with Gasteiger partial charge in [-0.05, 0) is 49.1 Å². The Morgan fingerprint density at radius 3 is 1.93 bits per heavy atom. The third-order valence-electron chi connectivity index (χ3n) is 6.09. The van der Waals surface area contributed by atoms with Crippen molar-refractivity contribution < 1.29 is 9.53 Å².